The van der Waals surface area contributed by atoms with E-state index in [1.807, 2.05) is 24.3 Å². The Morgan fingerprint density at radius 1 is 0.786 bits per heavy atom. The van der Waals surface area contributed by atoms with Crippen LogP contribution in [0.1, 0.15) is 11.1 Å². The average Bonchev–Trinajstić information content (AvgIpc) is 3.27. The van der Waals surface area contributed by atoms with Crippen LogP contribution in [0, 0.1) is 0 Å². The molecule has 1 aromatic heterocycles. The fourth-order valence-electron chi connectivity index (χ4n) is 4.52. The molecule has 0 aliphatic heterocycles. The van der Waals surface area contributed by atoms with Gasteiger partial charge in [0.2, 0.25) is 0 Å². The Bertz CT molecular complexity index is 1410. The van der Waals surface area contributed by atoms with E-state index >= 15 is 0 Å². The molecular formula is C25H14ClOSi. The van der Waals surface area contributed by atoms with E-state index in [1.165, 1.54) is 27.8 Å². The zero-order chi connectivity index (χ0) is 18.8. The first kappa shape index (κ1) is 16.2. The first-order chi connectivity index (χ1) is 13.7. The molecule has 0 N–H and O–H groups in total. The summed E-state index contributed by atoms with van der Waals surface area (Å²) in [5.74, 6) is 0. The predicted molar refractivity (Wildman–Crippen MR) is 118 cm³/mol. The minimum atomic E-state index is 0.659. The molecule has 0 saturated carbocycles. The standard InChI is InChI=1S/C25H14ClOSi/c26-20-13-22-23(18-8-3-4-11-21(18)27-22)24(25(20)28)17-10-5-9-16-15-7-2-1-6-14(15)12-19(16)17/h1-11,13H,12H2. The van der Waals surface area contributed by atoms with E-state index in [-0.39, 0.29) is 0 Å². The zero-order valence-electron chi connectivity index (χ0n) is 14.9. The number of para-hydroxylation sites is 1. The highest BCUT2D eigenvalue weighted by atomic mass is 35.5. The van der Waals surface area contributed by atoms with Crippen LogP contribution in [0.25, 0.3) is 44.2 Å². The molecule has 0 saturated heterocycles. The summed E-state index contributed by atoms with van der Waals surface area (Å²) in [5, 5.41) is 3.78. The molecule has 0 spiro atoms. The molecule has 0 unspecified atom stereocenters. The van der Waals surface area contributed by atoms with Gasteiger partial charge in [0.05, 0.1) is 10.2 Å². The smallest absolute Gasteiger partial charge is 0.137 e. The molecule has 0 atom stereocenters. The molecule has 1 aliphatic carbocycles. The Morgan fingerprint density at radius 3 is 2.46 bits per heavy atom. The van der Waals surface area contributed by atoms with Crippen LogP contribution in [0.5, 0.6) is 0 Å². The maximum absolute atomic E-state index is 6.60. The lowest BCUT2D eigenvalue weighted by Gasteiger charge is -2.14. The van der Waals surface area contributed by atoms with Gasteiger partial charge in [-0.05, 0) is 57.1 Å². The van der Waals surface area contributed by atoms with Crippen molar-refractivity contribution >= 4 is 49.0 Å². The van der Waals surface area contributed by atoms with Gasteiger partial charge in [-0.15, -0.1) is 0 Å². The summed E-state index contributed by atoms with van der Waals surface area (Å²) in [4.78, 5) is 0. The van der Waals surface area contributed by atoms with Gasteiger partial charge in [0.1, 0.15) is 11.2 Å². The molecule has 3 radical (unpaired) electrons. The summed E-state index contributed by atoms with van der Waals surface area (Å²) in [6.07, 6.45) is 0.928. The van der Waals surface area contributed by atoms with Crippen LogP contribution in [0.15, 0.2) is 77.2 Å². The first-order valence-corrected chi connectivity index (χ1v) is 10.2. The second-order valence-corrected chi connectivity index (χ2v) is 8.15. The van der Waals surface area contributed by atoms with Crippen LogP contribution >= 0.6 is 11.6 Å². The second-order valence-electron chi connectivity index (χ2n) is 7.25. The van der Waals surface area contributed by atoms with E-state index in [4.69, 9.17) is 16.0 Å². The molecule has 131 valence electrons. The second kappa shape index (κ2) is 5.84. The molecule has 6 rings (SSSR count). The summed E-state index contributed by atoms with van der Waals surface area (Å²) in [5.41, 5.74) is 9.35. The highest BCUT2D eigenvalue weighted by Gasteiger charge is 2.24. The Morgan fingerprint density at radius 2 is 1.54 bits per heavy atom. The van der Waals surface area contributed by atoms with E-state index in [0.717, 1.165) is 39.1 Å². The third kappa shape index (κ3) is 2.13. The van der Waals surface area contributed by atoms with Crippen molar-refractivity contribution in [3.63, 3.8) is 0 Å². The van der Waals surface area contributed by atoms with Crippen molar-refractivity contribution in [3.05, 3.63) is 88.9 Å². The number of furan rings is 1. The van der Waals surface area contributed by atoms with E-state index in [0.29, 0.717) is 5.02 Å². The van der Waals surface area contributed by atoms with Gasteiger partial charge in [0.15, 0.2) is 0 Å². The fraction of sp³-hybridized carbons (Fsp3) is 0.0400. The molecule has 0 amide bonds. The van der Waals surface area contributed by atoms with Crippen molar-refractivity contribution in [1.82, 2.24) is 0 Å². The van der Waals surface area contributed by atoms with Crippen LogP contribution in [0.2, 0.25) is 5.02 Å². The van der Waals surface area contributed by atoms with E-state index in [1.54, 1.807) is 0 Å². The molecule has 0 bridgehead atoms. The Labute approximate surface area is 171 Å². The van der Waals surface area contributed by atoms with Crippen molar-refractivity contribution in [2.45, 2.75) is 6.42 Å². The fourth-order valence-corrected chi connectivity index (χ4v) is 5.04. The van der Waals surface area contributed by atoms with E-state index in [2.05, 4.69) is 58.8 Å². The minimum Gasteiger partial charge on any atom is -0.456 e. The Hall–Kier alpha value is -2.81. The van der Waals surface area contributed by atoms with Crippen LogP contribution in [0.3, 0.4) is 0 Å². The van der Waals surface area contributed by atoms with Gasteiger partial charge in [0, 0.05) is 15.8 Å². The summed E-state index contributed by atoms with van der Waals surface area (Å²) < 4.78 is 6.13. The van der Waals surface area contributed by atoms with Crippen molar-refractivity contribution < 1.29 is 4.42 Å². The largest absolute Gasteiger partial charge is 0.456 e. The van der Waals surface area contributed by atoms with Gasteiger partial charge < -0.3 is 4.42 Å². The quantitative estimate of drug-likeness (QED) is 0.300. The number of hydrogen-bond donors (Lipinski definition) is 0. The molecular weight excluding hydrogens is 380 g/mol. The van der Waals surface area contributed by atoms with Crippen molar-refractivity contribution in [3.8, 4) is 22.3 Å². The summed E-state index contributed by atoms with van der Waals surface area (Å²) in [7, 11) is 3.84. The van der Waals surface area contributed by atoms with Crippen molar-refractivity contribution in [1.29, 1.82) is 0 Å². The normalized spacial score (nSPS) is 12.5. The predicted octanol–water partition coefficient (Wildman–Crippen LogP) is 6.27. The molecule has 28 heavy (non-hydrogen) atoms. The maximum atomic E-state index is 6.60. The summed E-state index contributed by atoms with van der Waals surface area (Å²) >= 11 is 6.60. The maximum Gasteiger partial charge on any atom is 0.137 e. The summed E-state index contributed by atoms with van der Waals surface area (Å²) in [6, 6.07) is 25.3. The monoisotopic (exact) mass is 393 g/mol. The van der Waals surface area contributed by atoms with E-state index in [9.17, 15) is 0 Å². The van der Waals surface area contributed by atoms with Gasteiger partial charge in [0.25, 0.3) is 0 Å². The lowest BCUT2D eigenvalue weighted by atomic mass is 9.92. The van der Waals surface area contributed by atoms with Gasteiger partial charge in [-0.1, -0.05) is 72.3 Å². The van der Waals surface area contributed by atoms with Gasteiger partial charge >= 0.3 is 0 Å². The van der Waals surface area contributed by atoms with Crippen molar-refractivity contribution in [2.24, 2.45) is 0 Å². The van der Waals surface area contributed by atoms with Crippen LogP contribution in [0.4, 0.5) is 0 Å². The topological polar surface area (TPSA) is 13.1 Å². The molecule has 1 aliphatic rings. The number of rotatable bonds is 1. The number of halogens is 1. The van der Waals surface area contributed by atoms with Gasteiger partial charge in [-0.25, -0.2) is 0 Å². The van der Waals surface area contributed by atoms with Gasteiger partial charge in [-0.2, -0.15) is 0 Å². The number of fused-ring (bicyclic) bond motifs is 6. The third-order valence-corrected chi connectivity index (χ3v) is 6.72. The number of benzene rings is 4. The Balaban J connectivity index is 1.75. The minimum absolute atomic E-state index is 0.659. The highest BCUT2D eigenvalue weighted by Crippen LogP contribution is 2.44. The molecule has 0 fully saturated rings. The van der Waals surface area contributed by atoms with Crippen LogP contribution in [-0.2, 0) is 6.42 Å². The molecule has 1 heterocycles. The first-order valence-electron chi connectivity index (χ1n) is 9.28. The van der Waals surface area contributed by atoms with E-state index < -0.39 is 0 Å². The SMILES string of the molecule is [Si]c1c(Cl)cc2oc3ccccc3c2c1-c1cccc2c1Cc1ccccc1-2. The Kier molecular flexibility index (Phi) is 3.37. The lowest BCUT2D eigenvalue weighted by molar-refractivity contribution is 0.669. The average molecular weight is 394 g/mol. The lowest BCUT2D eigenvalue weighted by Crippen LogP contribution is -2.10. The highest BCUT2D eigenvalue weighted by molar-refractivity contribution is 6.49. The number of hydrogen-bond acceptors (Lipinski definition) is 1. The third-order valence-electron chi connectivity index (χ3n) is 5.74. The zero-order valence-corrected chi connectivity index (χ0v) is 16.7. The molecule has 4 aromatic carbocycles. The molecule has 5 aromatic rings. The van der Waals surface area contributed by atoms with Crippen LogP contribution < -0.4 is 5.19 Å². The molecule has 3 heteroatoms. The van der Waals surface area contributed by atoms with Gasteiger partial charge in [-0.3, -0.25) is 0 Å². The molecule has 1 nitrogen and oxygen atoms in total. The van der Waals surface area contributed by atoms with Crippen LogP contribution in [-0.4, -0.2) is 10.2 Å². The summed E-state index contributed by atoms with van der Waals surface area (Å²) in [6.45, 7) is 0. The van der Waals surface area contributed by atoms with Crippen molar-refractivity contribution in [2.75, 3.05) is 0 Å².